The summed E-state index contributed by atoms with van der Waals surface area (Å²) in [4.78, 5) is 15.8. The van der Waals surface area contributed by atoms with E-state index in [9.17, 15) is 4.79 Å². The molecule has 3 rings (SSSR count). The number of ether oxygens (including phenoxy) is 1. The summed E-state index contributed by atoms with van der Waals surface area (Å²) in [5.41, 5.74) is 3.10. The molecule has 0 spiro atoms. The highest BCUT2D eigenvalue weighted by atomic mass is 16.5. The van der Waals surface area contributed by atoms with Gasteiger partial charge in [0.15, 0.2) is 5.78 Å². The van der Waals surface area contributed by atoms with Gasteiger partial charge in [0.2, 0.25) is 0 Å². The number of hydrogen-bond acceptors (Lipinski definition) is 2. The summed E-state index contributed by atoms with van der Waals surface area (Å²) < 4.78 is 5.59. The predicted octanol–water partition coefficient (Wildman–Crippen LogP) is 3.34. The van der Waals surface area contributed by atoms with E-state index in [0.717, 1.165) is 29.3 Å². The van der Waals surface area contributed by atoms with Crippen LogP contribution >= 0.6 is 0 Å². The molecule has 1 aliphatic heterocycles. The second-order valence-corrected chi connectivity index (χ2v) is 5.32. The van der Waals surface area contributed by atoms with Crippen LogP contribution in [0.4, 0.5) is 0 Å². The molecule has 3 heteroatoms. The van der Waals surface area contributed by atoms with Gasteiger partial charge in [-0.2, -0.15) is 0 Å². The van der Waals surface area contributed by atoms with Gasteiger partial charge < -0.3 is 9.72 Å². The van der Waals surface area contributed by atoms with E-state index >= 15 is 0 Å². The second-order valence-electron chi connectivity index (χ2n) is 5.32. The van der Waals surface area contributed by atoms with Crippen LogP contribution in [0.1, 0.15) is 36.2 Å². The van der Waals surface area contributed by atoms with Gasteiger partial charge >= 0.3 is 0 Å². The van der Waals surface area contributed by atoms with E-state index in [1.807, 2.05) is 18.3 Å². The number of Topliss-reactive ketones (excluding diaryl/α,β-unsaturated/α-hetero) is 1. The zero-order valence-electron chi connectivity index (χ0n) is 11.4. The summed E-state index contributed by atoms with van der Waals surface area (Å²) in [5.74, 6) is 0.427. The Labute approximate surface area is 113 Å². The number of ketones is 1. The maximum Gasteiger partial charge on any atom is 0.193 e. The molecular formula is C16H19NO2. The molecule has 0 bridgehead atoms. The maximum atomic E-state index is 12.6. The molecule has 1 fully saturated rings. The van der Waals surface area contributed by atoms with Crippen molar-refractivity contribution in [2.24, 2.45) is 5.92 Å². The number of carbonyl (C=O) groups is 1. The van der Waals surface area contributed by atoms with Gasteiger partial charge in [-0.05, 0) is 24.3 Å². The number of para-hydroxylation sites is 1. The van der Waals surface area contributed by atoms with Crippen molar-refractivity contribution in [1.29, 1.82) is 0 Å². The minimum Gasteiger partial charge on any atom is -0.370 e. The van der Waals surface area contributed by atoms with Gasteiger partial charge in [0, 0.05) is 29.3 Å². The summed E-state index contributed by atoms with van der Waals surface area (Å²) in [6.07, 6.45) is 3.49. The third-order valence-electron chi connectivity index (χ3n) is 4.09. The Bertz CT molecular complexity index is 614. The normalized spacial score (nSPS) is 23.1. The first-order valence-electron chi connectivity index (χ1n) is 6.97. The molecule has 0 radical (unpaired) electrons. The molecular weight excluding hydrogens is 238 g/mol. The van der Waals surface area contributed by atoms with E-state index in [4.69, 9.17) is 4.74 Å². The molecule has 1 saturated heterocycles. The third-order valence-corrected chi connectivity index (χ3v) is 4.09. The summed E-state index contributed by atoms with van der Waals surface area (Å²) in [6.45, 7) is 4.90. The van der Waals surface area contributed by atoms with Gasteiger partial charge in [-0.3, -0.25) is 4.79 Å². The number of aromatic amines is 1. The number of nitrogens with one attached hydrogen (secondary N) is 1. The standard InChI is InChI=1S/C16H19NO2/c1-3-11-5-4-6-12-13(9-17-14(11)12)15(18)16-10(2)7-8-19-16/h4-6,9-10,16-17H,3,7-8H2,1-2H3. The molecule has 19 heavy (non-hydrogen) atoms. The van der Waals surface area contributed by atoms with Gasteiger partial charge in [-0.1, -0.05) is 32.0 Å². The number of fused-ring (bicyclic) bond motifs is 1. The molecule has 0 saturated carbocycles. The highest BCUT2D eigenvalue weighted by Gasteiger charge is 2.32. The Morgan fingerprint density at radius 3 is 3.00 bits per heavy atom. The Morgan fingerprint density at radius 2 is 2.32 bits per heavy atom. The van der Waals surface area contributed by atoms with Crippen molar-refractivity contribution in [1.82, 2.24) is 4.98 Å². The lowest BCUT2D eigenvalue weighted by atomic mass is 9.95. The minimum atomic E-state index is -0.274. The lowest BCUT2D eigenvalue weighted by Gasteiger charge is -2.12. The monoisotopic (exact) mass is 257 g/mol. The molecule has 1 N–H and O–H groups in total. The van der Waals surface area contributed by atoms with Crippen molar-refractivity contribution in [3.8, 4) is 0 Å². The van der Waals surface area contributed by atoms with E-state index in [-0.39, 0.29) is 11.9 Å². The Morgan fingerprint density at radius 1 is 1.47 bits per heavy atom. The zero-order chi connectivity index (χ0) is 13.4. The molecule has 0 aliphatic carbocycles. The van der Waals surface area contributed by atoms with Crippen molar-refractivity contribution >= 4 is 16.7 Å². The first kappa shape index (κ1) is 12.4. The quantitative estimate of drug-likeness (QED) is 0.857. The molecule has 1 aromatic heterocycles. The molecule has 2 heterocycles. The number of hydrogen-bond donors (Lipinski definition) is 1. The van der Waals surface area contributed by atoms with Gasteiger partial charge in [-0.25, -0.2) is 0 Å². The van der Waals surface area contributed by atoms with Crippen molar-refractivity contribution in [3.63, 3.8) is 0 Å². The van der Waals surface area contributed by atoms with Gasteiger partial charge in [0.25, 0.3) is 0 Å². The van der Waals surface area contributed by atoms with E-state index in [1.165, 1.54) is 5.56 Å². The molecule has 3 nitrogen and oxygen atoms in total. The smallest absolute Gasteiger partial charge is 0.193 e. The summed E-state index contributed by atoms with van der Waals surface area (Å²) in [7, 11) is 0. The summed E-state index contributed by atoms with van der Waals surface area (Å²) in [6, 6.07) is 6.13. The van der Waals surface area contributed by atoms with Gasteiger partial charge in [-0.15, -0.1) is 0 Å². The Hall–Kier alpha value is -1.61. The number of H-pyrrole nitrogens is 1. The molecule has 1 aliphatic rings. The van der Waals surface area contributed by atoms with E-state index in [1.54, 1.807) is 0 Å². The average Bonchev–Trinajstić information content (AvgIpc) is 3.03. The maximum absolute atomic E-state index is 12.6. The number of aryl methyl sites for hydroxylation is 1. The largest absolute Gasteiger partial charge is 0.370 e. The second kappa shape index (κ2) is 4.82. The van der Waals surface area contributed by atoms with Gasteiger partial charge in [0.1, 0.15) is 6.10 Å². The average molecular weight is 257 g/mol. The molecule has 2 unspecified atom stereocenters. The van der Waals surface area contributed by atoms with E-state index in [0.29, 0.717) is 12.5 Å². The molecule has 2 aromatic rings. The van der Waals surface area contributed by atoms with Gasteiger partial charge in [0.05, 0.1) is 0 Å². The highest BCUT2D eigenvalue weighted by molar-refractivity contribution is 6.10. The number of carbonyl (C=O) groups excluding carboxylic acids is 1. The van der Waals surface area contributed by atoms with Crippen LogP contribution in [0.3, 0.4) is 0 Å². The fourth-order valence-electron chi connectivity index (χ4n) is 2.90. The first-order valence-corrected chi connectivity index (χ1v) is 6.97. The lowest BCUT2D eigenvalue weighted by Crippen LogP contribution is -2.25. The molecule has 2 atom stereocenters. The fourth-order valence-corrected chi connectivity index (χ4v) is 2.90. The van der Waals surface area contributed by atoms with Crippen LogP contribution in [0, 0.1) is 5.92 Å². The van der Waals surface area contributed by atoms with Crippen LogP contribution in [-0.4, -0.2) is 23.5 Å². The molecule has 100 valence electrons. The van der Waals surface area contributed by atoms with Crippen LogP contribution in [0.2, 0.25) is 0 Å². The van der Waals surface area contributed by atoms with E-state index < -0.39 is 0 Å². The van der Waals surface area contributed by atoms with Crippen LogP contribution < -0.4 is 0 Å². The van der Waals surface area contributed by atoms with Crippen molar-refractivity contribution < 1.29 is 9.53 Å². The highest BCUT2D eigenvalue weighted by Crippen LogP contribution is 2.28. The van der Waals surface area contributed by atoms with Crippen LogP contribution in [0.25, 0.3) is 10.9 Å². The third kappa shape index (κ3) is 1.98. The van der Waals surface area contributed by atoms with Crippen LogP contribution in [0.5, 0.6) is 0 Å². The molecule has 0 amide bonds. The van der Waals surface area contributed by atoms with Crippen molar-refractivity contribution in [2.75, 3.05) is 6.61 Å². The number of aromatic nitrogens is 1. The number of rotatable bonds is 3. The predicted molar refractivity (Wildman–Crippen MR) is 75.5 cm³/mol. The topological polar surface area (TPSA) is 42.1 Å². The van der Waals surface area contributed by atoms with Crippen LogP contribution in [0.15, 0.2) is 24.4 Å². The van der Waals surface area contributed by atoms with Crippen molar-refractivity contribution in [2.45, 2.75) is 32.8 Å². The Balaban J connectivity index is 2.03. The SMILES string of the molecule is CCc1cccc2c(C(=O)C3OCCC3C)c[nH]c12. The first-order chi connectivity index (χ1) is 9.22. The summed E-state index contributed by atoms with van der Waals surface area (Å²) in [5, 5.41) is 1.02. The van der Waals surface area contributed by atoms with Crippen LogP contribution in [-0.2, 0) is 11.2 Å². The minimum absolute atomic E-state index is 0.115. The van der Waals surface area contributed by atoms with Crippen molar-refractivity contribution in [3.05, 3.63) is 35.5 Å². The molecule has 1 aromatic carbocycles. The fraction of sp³-hybridized carbons (Fsp3) is 0.438. The lowest BCUT2D eigenvalue weighted by molar-refractivity contribution is 0.0581. The Kier molecular flexibility index (Phi) is 3.15. The number of benzene rings is 1. The zero-order valence-corrected chi connectivity index (χ0v) is 11.4. The summed E-state index contributed by atoms with van der Waals surface area (Å²) >= 11 is 0. The van der Waals surface area contributed by atoms with E-state index in [2.05, 4.69) is 24.9 Å².